The fraction of sp³-hybridized carbons (Fsp3) is 0.933. The van der Waals surface area contributed by atoms with Crippen LogP contribution < -0.4 is 5.32 Å². The lowest BCUT2D eigenvalue weighted by atomic mass is 10.0. The largest absolute Gasteiger partial charge is 0.466 e. The fourth-order valence-corrected chi connectivity index (χ4v) is 9.46. The Hall–Kier alpha value is -1.40. The molecule has 0 aliphatic heterocycles. The smallest absolute Gasteiger partial charge is 0.305 e. The van der Waals surface area contributed by atoms with Crippen LogP contribution in [0.2, 0.25) is 0 Å². The lowest BCUT2D eigenvalue weighted by Gasteiger charge is -2.20. The van der Waals surface area contributed by atoms with Gasteiger partial charge < -0.3 is 20.3 Å². The van der Waals surface area contributed by atoms with Gasteiger partial charge in [0.25, 0.3) is 0 Å². The van der Waals surface area contributed by atoms with Gasteiger partial charge in [-0.1, -0.05) is 302 Å². The zero-order valence-electron chi connectivity index (χ0n) is 44.7. The predicted molar refractivity (Wildman–Crippen MR) is 287 cm³/mol. The van der Waals surface area contributed by atoms with Crippen LogP contribution in [0.4, 0.5) is 0 Å². The molecule has 6 heteroatoms. The van der Waals surface area contributed by atoms with Crippen LogP contribution in [0.1, 0.15) is 335 Å². The average molecular weight is 933 g/mol. The van der Waals surface area contributed by atoms with Gasteiger partial charge in [-0.15, -0.1) is 0 Å². The van der Waals surface area contributed by atoms with Crippen LogP contribution in [0.3, 0.4) is 0 Å². The van der Waals surface area contributed by atoms with E-state index in [-0.39, 0.29) is 18.5 Å². The van der Waals surface area contributed by atoms with Crippen molar-refractivity contribution in [3.05, 3.63) is 12.2 Å². The molecule has 66 heavy (non-hydrogen) atoms. The summed E-state index contributed by atoms with van der Waals surface area (Å²) >= 11 is 0. The SMILES string of the molecule is CCCCCCCCCCCCCCCCCCCC/C=C/C(O)C(CO)NC(=O)CCCCCCCCCCCCCCCOC(=O)CCCCCCCCCCCCCCCCCC. The Balaban J connectivity index is 3.46. The van der Waals surface area contributed by atoms with Gasteiger partial charge in [-0.3, -0.25) is 9.59 Å². The van der Waals surface area contributed by atoms with E-state index in [2.05, 4.69) is 19.2 Å². The second-order valence-corrected chi connectivity index (χ2v) is 20.7. The zero-order valence-corrected chi connectivity index (χ0v) is 44.7. The maximum Gasteiger partial charge on any atom is 0.305 e. The lowest BCUT2D eigenvalue weighted by Crippen LogP contribution is -2.45. The molecule has 392 valence electrons. The monoisotopic (exact) mass is 932 g/mol. The van der Waals surface area contributed by atoms with Crippen molar-refractivity contribution < 1.29 is 24.5 Å². The molecular formula is C60H117NO5. The molecule has 2 atom stereocenters. The number of esters is 1. The fourth-order valence-electron chi connectivity index (χ4n) is 9.46. The first-order chi connectivity index (χ1) is 32.5. The summed E-state index contributed by atoms with van der Waals surface area (Å²) in [7, 11) is 0. The number of rotatable bonds is 56. The van der Waals surface area contributed by atoms with E-state index in [1.54, 1.807) is 6.08 Å². The van der Waals surface area contributed by atoms with Gasteiger partial charge in [-0.2, -0.15) is 0 Å². The van der Waals surface area contributed by atoms with Crippen molar-refractivity contribution in [2.24, 2.45) is 0 Å². The number of nitrogens with one attached hydrogen (secondary N) is 1. The van der Waals surface area contributed by atoms with Crippen LogP contribution in [-0.4, -0.2) is 47.4 Å². The number of hydrogen-bond donors (Lipinski definition) is 3. The van der Waals surface area contributed by atoms with E-state index in [0.29, 0.717) is 19.4 Å². The number of carbonyl (C=O) groups excluding carboxylic acids is 2. The van der Waals surface area contributed by atoms with E-state index >= 15 is 0 Å². The zero-order chi connectivity index (χ0) is 47.9. The molecule has 0 fully saturated rings. The minimum Gasteiger partial charge on any atom is -0.466 e. The summed E-state index contributed by atoms with van der Waals surface area (Å²) in [6, 6.07) is -0.637. The van der Waals surface area contributed by atoms with E-state index in [4.69, 9.17) is 4.74 Å². The minimum absolute atomic E-state index is 0.00249. The first kappa shape index (κ1) is 64.6. The van der Waals surface area contributed by atoms with Crippen molar-refractivity contribution in [2.45, 2.75) is 347 Å². The number of unbranched alkanes of at least 4 members (excludes halogenated alkanes) is 45. The highest BCUT2D eigenvalue weighted by molar-refractivity contribution is 5.76. The number of aliphatic hydroxyl groups excluding tert-OH is 2. The van der Waals surface area contributed by atoms with Crippen LogP contribution >= 0.6 is 0 Å². The third kappa shape index (κ3) is 52.0. The summed E-state index contributed by atoms with van der Waals surface area (Å²) in [6.45, 7) is 4.91. The van der Waals surface area contributed by atoms with Crippen molar-refractivity contribution in [1.82, 2.24) is 5.32 Å². The number of ether oxygens (including phenoxy) is 1. The molecule has 3 N–H and O–H groups in total. The van der Waals surface area contributed by atoms with Crippen LogP contribution in [0.15, 0.2) is 12.2 Å². The van der Waals surface area contributed by atoms with Crippen LogP contribution in [0.5, 0.6) is 0 Å². The molecule has 2 unspecified atom stereocenters. The van der Waals surface area contributed by atoms with Gasteiger partial charge in [0.1, 0.15) is 0 Å². The molecule has 0 rings (SSSR count). The summed E-state index contributed by atoms with van der Waals surface area (Å²) in [5.41, 5.74) is 0. The number of aliphatic hydroxyl groups is 2. The van der Waals surface area contributed by atoms with Gasteiger partial charge in [0, 0.05) is 12.8 Å². The van der Waals surface area contributed by atoms with Gasteiger partial charge in [0.15, 0.2) is 0 Å². The maximum absolute atomic E-state index is 12.5. The topological polar surface area (TPSA) is 95.9 Å². The third-order valence-electron chi connectivity index (χ3n) is 14.1. The molecule has 1 amide bonds. The molecule has 6 nitrogen and oxygen atoms in total. The molecule has 0 aromatic rings. The summed E-state index contributed by atoms with van der Waals surface area (Å²) in [4.78, 5) is 24.6. The quantitative estimate of drug-likeness (QED) is 0.0321. The number of carbonyl (C=O) groups is 2. The summed E-state index contributed by atoms with van der Waals surface area (Å²) in [6.07, 6.45) is 66.6. The third-order valence-corrected chi connectivity index (χ3v) is 14.1. The van der Waals surface area contributed by atoms with Gasteiger partial charge >= 0.3 is 5.97 Å². The lowest BCUT2D eigenvalue weighted by molar-refractivity contribution is -0.143. The van der Waals surface area contributed by atoms with E-state index < -0.39 is 12.1 Å². The molecule has 0 aliphatic rings. The molecule has 0 aromatic heterocycles. The molecule has 0 saturated heterocycles. The molecule has 0 heterocycles. The standard InChI is InChI=1S/C60H117NO5/c1-3-5-7-9-11-13-15-17-19-21-22-23-24-25-28-32-36-40-44-48-52-58(63)57(56-62)61-59(64)53-49-45-41-37-33-29-27-31-35-39-43-47-51-55-66-60(65)54-50-46-42-38-34-30-26-20-18-16-14-12-10-8-6-4-2/h48,52,57-58,62-63H,3-47,49-51,53-56H2,1-2H3,(H,61,64)/b52-48+. The van der Waals surface area contributed by atoms with Crippen LogP contribution in [-0.2, 0) is 14.3 Å². The van der Waals surface area contributed by atoms with Gasteiger partial charge in [0.05, 0.1) is 25.4 Å². The highest BCUT2D eigenvalue weighted by atomic mass is 16.5. The normalized spacial score (nSPS) is 12.6. The van der Waals surface area contributed by atoms with Crippen molar-refractivity contribution in [1.29, 1.82) is 0 Å². The number of amides is 1. The van der Waals surface area contributed by atoms with Crippen LogP contribution in [0, 0.1) is 0 Å². The highest BCUT2D eigenvalue weighted by Gasteiger charge is 2.18. The Labute approximate surface area is 412 Å². The van der Waals surface area contributed by atoms with E-state index in [1.165, 1.54) is 250 Å². The van der Waals surface area contributed by atoms with Gasteiger partial charge in [-0.25, -0.2) is 0 Å². The summed E-state index contributed by atoms with van der Waals surface area (Å²) < 4.78 is 5.48. The Morgan fingerprint density at radius 3 is 1.03 bits per heavy atom. The van der Waals surface area contributed by atoms with Crippen molar-refractivity contribution in [3.8, 4) is 0 Å². The Bertz CT molecular complexity index is 986. The maximum atomic E-state index is 12.5. The summed E-state index contributed by atoms with van der Waals surface area (Å²) in [5.74, 6) is -0.0796. The van der Waals surface area contributed by atoms with Crippen molar-refractivity contribution in [3.63, 3.8) is 0 Å². The molecule has 0 aliphatic carbocycles. The first-order valence-corrected chi connectivity index (χ1v) is 30.0. The Morgan fingerprint density at radius 2 is 0.697 bits per heavy atom. The van der Waals surface area contributed by atoms with E-state index in [9.17, 15) is 19.8 Å². The molecule has 0 aromatic carbocycles. The van der Waals surface area contributed by atoms with E-state index in [1.807, 2.05) is 6.08 Å². The van der Waals surface area contributed by atoms with E-state index in [0.717, 1.165) is 57.8 Å². The summed E-state index contributed by atoms with van der Waals surface area (Å²) in [5, 5.41) is 23.2. The second kappa shape index (κ2) is 56.2. The molecular weight excluding hydrogens is 815 g/mol. The Kier molecular flexibility index (Phi) is 55.0. The highest BCUT2D eigenvalue weighted by Crippen LogP contribution is 2.18. The molecule has 0 bridgehead atoms. The van der Waals surface area contributed by atoms with Crippen LogP contribution in [0.25, 0.3) is 0 Å². The minimum atomic E-state index is -0.853. The van der Waals surface area contributed by atoms with Gasteiger partial charge in [0.2, 0.25) is 5.91 Å². The van der Waals surface area contributed by atoms with Gasteiger partial charge in [-0.05, 0) is 32.1 Å². The number of hydrogen-bond acceptors (Lipinski definition) is 5. The predicted octanol–water partition coefficient (Wildman–Crippen LogP) is 18.5. The molecule has 0 radical (unpaired) electrons. The molecule has 0 saturated carbocycles. The molecule has 0 spiro atoms. The van der Waals surface area contributed by atoms with Crippen molar-refractivity contribution in [2.75, 3.05) is 13.2 Å². The number of allylic oxidation sites excluding steroid dienone is 1. The van der Waals surface area contributed by atoms with Crippen molar-refractivity contribution >= 4 is 11.9 Å². The Morgan fingerprint density at radius 1 is 0.409 bits per heavy atom. The first-order valence-electron chi connectivity index (χ1n) is 30.0. The second-order valence-electron chi connectivity index (χ2n) is 20.7. The average Bonchev–Trinajstić information content (AvgIpc) is 3.32.